The summed E-state index contributed by atoms with van der Waals surface area (Å²) in [5.41, 5.74) is 5.41. The molecule has 0 unspecified atom stereocenters. The van der Waals surface area contributed by atoms with Crippen molar-refractivity contribution in [1.29, 1.82) is 0 Å². The molecule has 2 aromatic rings. The van der Waals surface area contributed by atoms with Crippen molar-refractivity contribution >= 4 is 51.8 Å². The summed E-state index contributed by atoms with van der Waals surface area (Å²) in [6.07, 6.45) is 0. The minimum atomic E-state index is -1.11. The molecule has 0 saturated heterocycles. The average molecular weight is 333 g/mol. The highest BCUT2D eigenvalue weighted by atomic mass is 35.5. The number of hydrogen-bond acceptors (Lipinski definition) is 2. The van der Waals surface area contributed by atoms with Crippen molar-refractivity contribution in [3.05, 3.63) is 57.6 Å². The smallest absolute Gasteiger partial charge is 0.182 e. The van der Waals surface area contributed by atoms with Crippen molar-refractivity contribution in [3.8, 4) is 0 Å². The molecule has 0 radical (unpaired) electrons. The largest absolute Gasteiger partial charge is 0.389 e. The summed E-state index contributed by atoms with van der Waals surface area (Å²) in [7, 11) is 0. The topological polar surface area (TPSA) is 38.0 Å². The zero-order valence-corrected chi connectivity index (χ0v) is 12.2. The minimum Gasteiger partial charge on any atom is -0.389 e. The fourth-order valence-corrected chi connectivity index (χ4v) is 2.09. The number of thiocarbonyl (C=S) groups is 1. The van der Waals surface area contributed by atoms with E-state index in [1.807, 2.05) is 0 Å². The highest BCUT2D eigenvalue weighted by Crippen LogP contribution is 2.33. The number of nitrogens with one attached hydrogen (secondary N) is 1. The Balaban J connectivity index is 2.42. The van der Waals surface area contributed by atoms with Crippen LogP contribution in [0.5, 0.6) is 0 Å². The van der Waals surface area contributed by atoms with Crippen LogP contribution in [0.15, 0.2) is 30.3 Å². The van der Waals surface area contributed by atoms with Crippen LogP contribution < -0.4 is 11.1 Å². The van der Waals surface area contributed by atoms with E-state index >= 15 is 0 Å². The molecule has 0 atom stereocenters. The molecule has 2 aromatic carbocycles. The van der Waals surface area contributed by atoms with Crippen molar-refractivity contribution in [3.63, 3.8) is 0 Å². The van der Waals surface area contributed by atoms with Crippen LogP contribution in [-0.4, -0.2) is 4.99 Å². The standard InChI is InChI=1S/C13H8Cl2F2N2S/c14-7-2-1-3-8(10(7)15)19-9-5-4-6(13(18)20)11(16)12(9)17/h1-5,19H,(H2,18,20). The van der Waals surface area contributed by atoms with Crippen molar-refractivity contribution in [2.75, 3.05) is 5.32 Å². The first-order chi connectivity index (χ1) is 9.41. The monoisotopic (exact) mass is 332 g/mol. The molecule has 104 valence electrons. The van der Waals surface area contributed by atoms with Gasteiger partial charge in [0.05, 0.1) is 21.4 Å². The van der Waals surface area contributed by atoms with Gasteiger partial charge in [0.15, 0.2) is 11.6 Å². The zero-order valence-electron chi connectivity index (χ0n) is 9.88. The maximum atomic E-state index is 13.9. The summed E-state index contributed by atoms with van der Waals surface area (Å²) in [5, 5.41) is 3.19. The number of benzene rings is 2. The van der Waals surface area contributed by atoms with Gasteiger partial charge in [-0.3, -0.25) is 0 Å². The predicted octanol–water partition coefficient (Wildman–Crippen LogP) is 4.65. The quantitative estimate of drug-likeness (QED) is 0.803. The van der Waals surface area contributed by atoms with Crippen molar-refractivity contribution < 1.29 is 8.78 Å². The predicted molar refractivity (Wildman–Crippen MR) is 82.0 cm³/mol. The molecule has 3 N–H and O–H groups in total. The number of rotatable bonds is 3. The van der Waals surface area contributed by atoms with E-state index in [0.717, 1.165) is 0 Å². The van der Waals surface area contributed by atoms with E-state index in [-0.39, 0.29) is 21.3 Å². The summed E-state index contributed by atoms with van der Waals surface area (Å²) in [6, 6.07) is 7.43. The minimum absolute atomic E-state index is 0.0910. The normalized spacial score (nSPS) is 10.4. The Morgan fingerprint density at radius 2 is 1.75 bits per heavy atom. The van der Waals surface area contributed by atoms with E-state index in [0.29, 0.717) is 10.7 Å². The molecule has 0 fully saturated rings. The molecule has 0 saturated carbocycles. The van der Waals surface area contributed by atoms with Crippen molar-refractivity contribution in [1.82, 2.24) is 0 Å². The van der Waals surface area contributed by atoms with E-state index in [4.69, 9.17) is 28.9 Å². The third-order valence-electron chi connectivity index (χ3n) is 2.57. The molecule has 0 amide bonds. The second-order valence-electron chi connectivity index (χ2n) is 3.88. The summed E-state index contributed by atoms with van der Waals surface area (Å²) in [6.45, 7) is 0. The van der Waals surface area contributed by atoms with Crippen LogP contribution >= 0.6 is 35.4 Å². The first kappa shape index (κ1) is 15.0. The van der Waals surface area contributed by atoms with Crippen LogP contribution in [0.1, 0.15) is 5.56 Å². The molecule has 2 nitrogen and oxygen atoms in total. The maximum absolute atomic E-state index is 13.9. The van der Waals surface area contributed by atoms with Gasteiger partial charge in [-0.05, 0) is 24.3 Å². The number of halogens is 4. The first-order valence-electron chi connectivity index (χ1n) is 5.40. The highest BCUT2D eigenvalue weighted by molar-refractivity contribution is 7.80. The number of nitrogens with two attached hydrogens (primary N) is 1. The lowest BCUT2D eigenvalue weighted by atomic mass is 10.1. The van der Waals surface area contributed by atoms with Crippen LogP contribution in [0.4, 0.5) is 20.2 Å². The van der Waals surface area contributed by atoms with E-state index in [9.17, 15) is 8.78 Å². The Morgan fingerprint density at radius 3 is 2.40 bits per heavy atom. The SMILES string of the molecule is NC(=S)c1ccc(Nc2cccc(Cl)c2Cl)c(F)c1F. The van der Waals surface area contributed by atoms with E-state index in [1.165, 1.54) is 12.1 Å². The highest BCUT2D eigenvalue weighted by Gasteiger charge is 2.16. The lowest BCUT2D eigenvalue weighted by molar-refractivity contribution is 0.510. The van der Waals surface area contributed by atoms with Gasteiger partial charge in [0.25, 0.3) is 0 Å². The summed E-state index contributed by atoms with van der Waals surface area (Å²) in [5.74, 6) is -2.20. The van der Waals surface area contributed by atoms with Gasteiger partial charge in [0, 0.05) is 5.56 Å². The summed E-state index contributed by atoms with van der Waals surface area (Å²) in [4.78, 5) is -0.214. The molecule has 0 bridgehead atoms. The molecule has 0 aliphatic rings. The van der Waals surface area contributed by atoms with Crippen LogP contribution in [0, 0.1) is 11.6 Å². The van der Waals surface area contributed by atoms with Gasteiger partial charge in [0.2, 0.25) is 0 Å². The molecule has 20 heavy (non-hydrogen) atoms. The first-order valence-corrected chi connectivity index (χ1v) is 6.57. The average Bonchev–Trinajstić information content (AvgIpc) is 2.40. The lowest BCUT2D eigenvalue weighted by Crippen LogP contribution is -2.13. The van der Waals surface area contributed by atoms with Gasteiger partial charge in [0.1, 0.15) is 4.99 Å². The molecular formula is C13H8Cl2F2N2S. The Kier molecular flexibility index (Phi) is 4.42. The van der Waals surface area contributed by atoms with E-state index < -0.39 is 11.6 Å². The maximum Gasteiger partial charge on any atom is 0.182 e. The fourth-order valence-electron chi connectivity index (χ4n) is 1.58. The molecule has 7 heteroatoms. The number of anilines is 2. The third kappa shape index (κ3) is 2.85. The van der Waals surface area contributed by atoms with Crippen molar-refractivity contribution in [2.45, 2.75) is 0 Å². The van der Waals surface area contributed by atoms with Crippen molar-refractivity contribution in [2.24, 2.45) is 5.73 Å². The Morgan fingerprint density at radius 1 is 1.05 bits per heavy atom. The molecular weight excluding hydrogens is 325 g/mol. The van der Waals surface area contributed by atoms with Gasteiger partial charge in [-0.1, -0.05) is 41.5 Å². The molecule has 0 aliphatic carbocycles. The van der Waals surface area contributed by atoms with E-state index in [2.05, 4.69) is 17.5 Å². The van der Waals surface area contributed by atoms with Gasteiger partial charge in [-0.2, -0.15) is 0 Å². The second kappa shape index (κ2) is 5.91. The fraction of sp³-hybridized carbons (Fsp3) is 0. The summed E-state index contributed by atoms with van der Waals surface area (Å²) >= 11 is 16.4. The molecule has 0 aromatic heterocycles. The molecule has 0 aliphatic heterocycles. The lowest BCUT2D eigenvalue weighted by Gasteiger charge is -2.12. The third-order valence-corrected chi connectivity index (χ3v) is 3.61. The Hall–Kier alpha value is -1.43. The molecule has 0 spiro atoms. The van der Waals surface area contributed by atoms with Crippen LogP contribution in [0.2, 0.25) is 10.0 Å². The number of hydrogen-bond donors (Lipinski definition) is 2. The van der Waals surface area contributed by atoms with Crippen LogP contribution in [0.25, 0.3) is 0 Å². The van der Waals surface area contributed by atoms with Crippen LogP contribution in [-0.2, 0) is 0 Å². The van der Waals surface area contributed by atoms with Crippen LogP contribution in [0.3, 0.4) is 0 Å². The molecule has 0 heterocycles. The summed E-state index contributed by atoms with van der Waals surface area (Å²) < 4.78 is 27.7. The van der Waals surface area contributed by atoms with Gasteiger partial charge in [-0.25, -0.2) is 8.78 Å². The zero-order chi connectivity index (χ0) is 14.9. The van der Waals surface area contributed by atoms with Gasteiger partial charge < -0.3 is 11.1 Å². The van der Waals surface area contributed by atoms with Gasteiger partial charge in [-0.15, -0.1) is 0 Å². The second-order valence-corrected chi connectivity index (χ2v) is 5.10. The Labute approximate surface area is 129 Å². The Bertz CT molecular complexity index is 692. The van der Waals surface area contributed by atoms with Gasteiger partial charge >= 0.3 is 0 Å². The van der Waals surface area contributed by atoms with E-state index in [1.54, 1.807) is 18.2 Å². The molecule has 2 rings (SSSR count).